The van der Waals surface area contributed by atoms with Crippen molar-refractivity contribution in [2.45, 2.75) is 5.75 Å². The van der Waals surface area contributed by atoms with Gasteiger partial charge in [-0.3, -0.25) is 9.59 Å². The van der Waals surface area contributed by atoms with Crippen LogP contribution in [0, 0.1) is 5.82 Å². The third-order valence-corrected chi connectivity index (χ3v) is 4.24. The number of nitrogens with zero attached hydrogens (tertiary/aromatic N) is 1. The Kier molecular flexibility index (Phi) is 4.86. The van der Waals surface area contributed by atoms with E-state index >= 15 is 0 Å². The lowest BCUT2D eigenvalue weighted by Crippen LogP contribution is -2.37. The fourth-order valence-corrected chi connectivity index (χ4v) is 2.90. The van der Waals surface area contributed by atoms with Gasteiger partial charge in [-0.15, -0.1) is 0 Å². The Labute approximate surface area is 142 Å². The molecule has 0 unspecified atom stereocenters. The zero-order valence-corrected chi connectivity index (χ0v) is 13.3. The first kappa shape index (κ1) is 16.1. The Morgan fingerprint density at radius 2 is 1.75 bits per heavy atom. The molecule has 2 aromatic rings. The standard InChI is InChI=1S/C18H13FN2O2S/c19-14-8-6-12(7-9-14)10-15-16(22)20-18(21-17(15)23)24-11-13-4-2-1-3-5-13/h1-10H,11H2,(H,20,21,22,23). The first-order valence-electron chi connectivity index (χ1n) is 7.20. The summed E-state index contributed by atoms with van der Waals surface area (Å²) in [6, 6.07) is 15.2. The number of rotatable bonds is 3. The second-order valence-corrected chi connectivity index (χ2v) is 6.02. The lowest BCUT2D eigenvalue weighted by Gasteiger charge is -2.14. The van der Waals surface area contributed by atoms with Crippen molar-refractivity contribution in [3.05, 3.63) is 77.1 Å². The van der Waals surface area contributed by atoms with Gasteiger partial charge in [0.2, 0.25) is 0 Å². The average molecular weight is 340 g/mol. The van der Waals surface area contributed by atoms with E-state index < -0.39 is 11.8 Å². The SMILES string of the molecule is O=C1N=C(SCc2ccccc2)NC(=O)/C1=C/c1ccc(F)cc1. The molecule has 4 nitrogen and oxygen atoms in total. The number of thioether (sulfide) groups is 1. The summed E-state index contributed by atoms with van der Waals surface area (Å²) in [7, 11) is 0. The molecule has 0 aliphatic carbocycles. The molecule has 0 fully saturated rings. The third kappa shape index (κ3) is 3.97. The van der Waals surface area contributed by atoms with Crippen LogP contribution in [0.25, 0.3) is 6.08 Å². The van der Waals surface area contributed by atoms with E-state index in [1.165, 1.54) is 42.1 Å². The minimum absolute atomic E-state index is 0.0642. The number of aliphatic imine (C=N–C) groups is 1. The van der Waals surface area contributed by atoms with Gasteiger partial charge in [0.25, 0.3) is 11.8 Å². The van der Waals surface area contributed by atoms with Crippen molar-refractivity contribution in [2.75, 3.05) is 0 Å². The van der Waals surface area contributed by atoms with Crippen LogP contribution in [-0.2, 0) is 15.3 Å². The van der Waals surface area contributed by atoms with E-state index in [9.17, 15) is 14.0 Å². The van der Waals surface area contributed by atoms with E-state index in [0.717, 1.165) is 5.56 Å². The Bertz CT molecular complexity index is 830. The molecule has 2 aromatic carbocycles. The molecule has 120 valence electrons. The minimum Gasteiger partial charge on any atom is -0.301 e. The van der Waals surface area contributed by atoms with Gasteiger partial charge in [-0.2, -0.15) is 4.99 Å². The van der Waals surface area contributed by atoms with Gasteiger partial charge >= 0.3 is 0 Å². The van der Waals surface area contributed by atoms with Gasteiger partial charge in [0, 0.05) is 5.75 Å². The van der Waals surface area contributed by atoms with Crippen molar-refractivity contribution < 1.29 is 14.0 Å². The van der Waals surface area contributed by atoms with Crippen LogP contribution in [0.5, 0.6) is 0 Å². The minimum atomic E-state index is -0.598. The third-order valence-electron chi connectivity index (χ3n) is 3.30. The maximum absolute atomic E-state index is 12.9. The molecule has 0 aromatic heterocycles. The molecule has 0 spiro atoms. The second kappa shape index (κ2) is 7.23. The summed E-state index contributed by atoms with van der Waals surface area (Å²) in [5.74, 6) is -0.882. The monoisotopic (exact) mass is 340 g/mol. The van der Waals surface area contributed by atoms with Crippen LogP contribution in [0.15, 0.2) is 65.2 Å². The number of hydrogen-bond donors (Lipinski definition) is 1. The number of carbonyl (C=O) groups is 2. The van der Waals surface area contributed by atoms with Gasteiger partial charge in [-0.25, -0.2) is 4.39 Å². The normalized spacial score (nSPS) is 16.0. The van der Waals surface area contributed by atoms with Crippen molar-refractivity contribution in [1.29, 1.82) is 0 Å². The Morgan fingerprint density at radius 1 is 1.04 bits per heavy atom. The van der Waals surface area contributed by atoms with Crippen LogP contribution < -0.4 is 5.32 Å². The summed E-state index contributed by atoms with van der Waals surface area (Å²) in [6.07, 6.45) is 1.40. The zero-order chi connectivity index (χ0) is 16.9. The summed E-state index contributed by atoms with van der Waals surface area (Å²) in [6.45, 7) is 0. The molecule has 1 heterocycles. The number of halogens is 1. The van der Waals surface area contributed by atoms with Crippen LogP contribution in [0.3, 0.4) is 0 Å². The topological polar surface area (TPSA) is 58.5 Å². The van der Waals surface area contributed by atoms with E-state index in [2.05, 4.69) is 10.3 Å². The Hall–Kier alpha value is -2.73. The van der Waals surface area contributed by atoms with E-state index in [1.807, 2.05) is 30.3 Å². The summed E-state index contributed by atoms with van der Waals surface area (Å²) in [5.41, 5.74) is 1.57. The van der Waals surface area contributed by atoms with E-state index in [-0.39, 0.29) is 16.6 Å². The molecule has 3 rings (SSSR count). The Morgan fingerprint density at radius 3 is 2.42 bits per heavy atom. The van der Waals surface area contributed by atoms with Gasteiger partial charge in [-0.05, 0) is 29.3 Å². The lowest BCUT2D eigenvalue weighted by molar-refractivity contribution is -0.121. The van der Waals surface area contributed by atoms with E-state index in [1.54, 1.807) is 0 Å². The predicted octanol–water partition coefficient (Wildman–Crippen LogP) is 3.15. The second-order valence-electron chi connectivity index (χ2n) is 5.06. The van der Waals surface area contributed by atoms with Crippen LogP contribution >= 0.6 is 11.8 Å². The van der Waals surface area contributed by atoms with Crippen molar-refractivity contribution in [3.8, 4) is 0 Å². The fourth-order valence-electron chi connectivity index (χ4n) is 2.09. The number of carbonyl (C=O) groups excluding carboxylic acids is 2. The first-order chi connectivity index (χ1) is 11.6. The predicted molar refractivity (Wildman–Crippen MR) is 92.7 cm³/mol. The molecule has 0 bridgehead atoms. The van der Waals surface area contributed by atoms with Crippen LogP contribution in [0.4, 0.5) is 4.39 Å². The summed E-state index contributed by atoms with van der Waals surface area (Å²) in [5, 5.41) is 2.89. The summed E-state index contributed by atoms with van der Waals surface area (Å²) in [4.78, 5) is 28.1. The van der Waals surface area contributed by atoms with Gasteiger partial charge in [0.05, 0.1) is 0 Å². The summed E-state index contributed by atoms with van der Waals surface area (Å²) < 4.78 is 12.9. The van der Waals surface area contributed by atoms with Gasteiger partial charge in [0.15, 0.2) is 5.17 Å². The molecule has 1 aliphatic rings. The highest BCUT2D eigenvalue weighted by Gasteiger charge is 2.25. The van der Waals surface area contributed by atoms with Crippen LogP contribution in [0.2, 0.25) is 0 Å². The number of hydrogen-bond acceptors (Lipinski definition) is 3. The lowest BCUT2D eigenvalue weighted by atomic mass is 10.1. The zero-order valence-electron chi connectivity index (χ0n) is 12.5. The fraction of sp³-hybridized carbons (Fsp3) is 0.0556. The van der Waals surface area contributed by atoms with Crippen molar-refractivity contribution >= 4 is 34.8 Å². The molecular weight excluding hydrogens is 327 g/mol. The van der Waals surface area contributed by atoms with Crippen molar-refractivity contribution in [3.63, 3.8) is 0 Å². The highest BCUT2D eigenvalue weighted by Crippen LogP contribution is 2.18. The van der Waals surface area contributed by atoms with Crippen molar-refractivity contribution in [2.24, 2.45) is 4.99 Å². The largest absolute Gasteiger partial charge is 0.301 e. The molecule has 2 amide bonds. The highest BCUT2D eigenvalue weighted by molar-refractivity contribution is 8.13. The molecule has 0 saturated heterocycles. The molecule has 6 heteroatoms. The first-order valence-corrected chi connectivity index (χ1v) is 8.19. The van der Waals surface area contributed by atoms with E-state index in [0.29, 0.717) is 11.3 Å². The molecule has 1 N–H and O–H groups in total. The smallest absolute Gasteiger partial charge is 0.285 e. The van der Waals surface area contributed by atoms with Gasteiger partial charge in [0.1, 0.15) is 11.4 Å². The van der Waals surface area contributed by atoms with Gasteiger partial charge < -0.3 is 5.32 Å². The molecule has 0 saturated carbocycles. The maximum atomic E-state index is 12.9. The molecule has 0 atom stereocenters. The highest BCUT2D eigenvalue weighted by atomic mass is 32.2. The number of amides is 2. The molecule has 1 aliphatic heterocycles. The quantitative estimate of drug-likeness (QED) is 0.690. The number of benzene rings is 2. The van der Waals surface area contributed by atoms with Gasteiger partial charge in [-0.1, -0.05) is 54.2 Å². The molecular formula is C18H13FN2O2S. The maximum Gasteiger partial charge on any atom is 0.285 e. The van der Waals surface area contributed by atoms with E-state index in [4.69, 9.17) is 0 Å². The molecule has 0 radical (unpaired) electrons. The number of amidine groups is 1. The Balaban J connectivity index is 1.73. The van der Waals surface area contributed by atoms with Crippen LogP contribution in [0.1, 0.15) is 11.1 Å². The average Bonchev–Trinajstić information content (AvgIpc) is 2.59. The summed E-state index contributed by atoms with van der Waals surface area (Å²) >= 11 is 1.29. The van der Waals surface area contributed by atoms with Crippen molar-refractivity contribution in [1.82, 2.24) is 5.32 Å². The van der Waals surface area contributed by atoms with Crippen LogP contribution in [-0.4, -0.2) is 17.0 Å². The molecule has 24 heavy (non-hydrogen) atoms. The number of nitrogens with one attached hydrogen (secondary N) is 1.